The predicted molar refractivity (Wildman–Crippen MR) is 86.7 cm³/mol. The first-order chi connectivity index (χ1) is 11.2. The lowest BCUT2D eigenvalue weighted by molar-refractivity contribution is -0.120. The smallest absolute Gasteiger partial charge is 0.226 e. The number of carbonyl (C=O) groups excluding carboxylic acids is 1. The topological polar surface area (TPSA) is 68.0 Å². The van der Waals surface area contributed by atoms with Crippen LogP contribution in [0.3, 0.4) is 0 Å². The van der Waals surface area contributed by atoms with Crippen molar-refractivity contribution < 1.29 is 9.32 Å². The molecule has 0 spiro atoms. The molecule has 0 radical (unpaired) electrons. The van der Waals surface area contributed by atoms with E-state index in [-0.39, 0.29) is 12.3 Å². The van der Waals surface area contributed by atoms with Gasteiger partial charge in [0.25, 0.3) is 0 Å². The molecule has 0 fully saturated rings. The molecular formula is C17H14ClN3O2. The van der Waals surface area contributed by atoms with E-state index in [0.717, 1.165) is 11.1 Å². The zero-order valence-corrected chi connectivity index (χ0v) is 13.0. The van der Waals surface area contributed by atoms with Crippen molar-refractivity contribution in [3.05, 3.63) is 71.1 Å². The van der Waals surface area contributed by atoms with Crippen LogP contribution in [0.1, 0.15) is 11.3 Å². The molecule has 1 amide bonds. The zero-order chi connectivity index (χ0) is 16.1. The molecule has 0 bridgehead atoms. The lowest BCUT2D eigenvalue weighted by Crippen LogP contribution is -2.24. The van der Waals surface area contributed by atoms with Gasteiger partial charge in [0, 0.05) is 35.6 Å². The predicted octanol–water partition coefficient (Wildman–Crippen LogP) is 3.25. The minimum atomic E-state index is -0.113. The largest absolute Gasteiger partial charge is 0.356 e. The van der Waals surface area contributed by atoms with E-state index in [1.165, 1.54) is 0 Å². The number of benzene rings is 1. The van der Waals surface area contributed by atoms with Gasteiger partial charge < -0.3 is 9.84 Å². The number of nitrogens with zero attached hydrogens (tertiary/aromatic N) is 2. The van der Waals surface area contributed by atoms with Gasteiger partial charge in [0.15, 0.2) is 5.76 Å². The van der Waals surface area contributed by atoms with Crippen LogP contribution in [0.5, 0.6) is 0 Å². The van der Waals surface area contributed by atoms with Gasteiger partial charge in [-0.25, -0.2) is 0 Å². The molecule has 1 N–H and O–H groups in total. The van der Waals surface area contributed by atoms with Gasteiger partial charge in [-0.2, -0.15) is 0 Å². The van der Waals surface area contributed by atoms with Gasteiger partial charge in [-0.15, -0.1) is 0 Å². The van der Waals surface area contributed by atoms with Crippen molar-refractivity contribution in [2.24, 2.45) is 0 Å². The highest BCUT2D eigenvalue weighted by molar-refractivity contribution is 6.30. The molecule has 0 aliphatic heterocycles. The lowest BCUT2D eigenvalue weighted by atomic mass is 10.1. The molecule has 5 nitrogen and oxygen atoms in total. The molecule has 1 aromatic carbocycles. The number of hydrogen-bond donors (Lipinski definition) is 1. The Hall–Kier alpha value is -2.66. The van der Waals surface area contributed by atoms with E-state index in [1.54, 1.807) is 30.6 Å². The molecule has 0 saturated carbocycles. The van der Waals surface area contributed by atoms with Crippen molar-refractivity contribution in [2.75, 3.05) is 0 Å². The summed E-state index contributed by atoms with van der Waals surface area (Å²) in [4.78, 5) is 15.9. The fourth-order valence-corrected chi connectivity index (χ4v) is 2.20. The Kier molecular flexibility index (Phi) is 4.68. The molecule has 23 heavy (non-hydrogen) atoms. The molecule has 2 heterocycles. The van der Waals surface area contributed by atoms with E-state index in [4.69, 9.17) is 16.1 Å². The third-order valence-electron chi connectivity index (χ3n) is 3.27. The average Bonchev–Trinajstić information content (AvgIpc) is 3.03. The number of aromatic nitrogens is 2. The molecule has 3 aromatic rings. The van der Waals surface area contributed by atoms with Gasteiger partial charge in [-0.3, -0.25) is 9.78 Å². The van der Waals surface area contributed by atoms with E-state index in [1.807, 2.05) is 24.3 Å². The number of rotatable bonds is 5. The Morgan fingerprint density at radius 3 is 2.61 bits per heavy atom. The van der Waals surface area contributed by atoms with Crippen molar-refractivity contribution in [1.82, 2.24) is 15.5 Å². The SMILES string of the molecule is O=C(Cc1cc(-c2ccc(Cl)cc2)on1)NCc1ccncc1. The first kappa shape index (κ1) is 15.2. The molecule has 116 valence electrons. The molecule has 2 aromatic heterocycles. The fourth-order valence-electron chi connectivity index (χ4n) is 2.07. The Morgan fingerprint density at radius 2 is 1.87 bits per heavy atom. The Labute approximate surface area is 138 Å². The first-order valence-electron chi connectivity index (χ1n) is 7.08. The maximum atomic E-state index is 12.0. The normalized spacial score (nSPS) is 10.5. The molecule has 6 heteroatoms. The second kappa shape index (κ2) is 7.07. The van der Waals surface area contributed by atoms with Crippen LogP contribution in [0.15, 0.2) is 59.4 Å². The highest BCUT2D eigenvalue weighted by Gasteiger charge is 2.10. The van der Waals surface area contributed by atoms with Crippen LogP contribution in [0.2, 0.25) is 5.02 Å². The minimum absolute atomic E-state index is 0.113. The quantitative estimate of drug-likeness (QED) is 0.781. The number of amides is 1. The number of halogens is 1. The number of carbonyl (C=O) groups is 1. The summed E-state index contributed by atoms with van der Waals surface area (Å²) in [6.07, 6.45) is 3.55. The Morgan fingerprint density at radius 1 is 1.13 bits per heavy atom. The minimum Gasteiger partial charge on any atom is -0.356 e. The van der Waals surface area contributed by atoms with Gasteiger partial charge in [0.2, 0.25) is 5.91 Å². The van der Waals surface area contributed by atoms with Crippen LogP contribution >= 0.6 is 11.6 Å². The summed E-state index contributed by atoms with van der Waals surface area (Å²) in [7, 11) is 0. The summed E-state index contributed by atoms with van der Waals surface area (Å²) in [6, 6.07) is 12.7. The standard InChI is InChI=1S/C17H14ClN3O2/c18-14-3-1-13(2-4-14)16-9-15(21-23-16)10-17(22)20-11-12-5-7-19-8-6-12/h1-9H,10-11H2,(H,20,22). The molecule has 0 atom stereocenters. The molecule has 0 aliphatic carbocycles. The van der Waals surface area contributed by atoms with Crippen LogP contribution < -0.4 is 5.32 Å². The summed E-state index contributed by atoms with van der Waals surface area (Å²) in [6.45, 7) is 0.462. The second-order valence-corrected chi connectivity index (χ2v) is 5.43. The highest BCUT2D eigenvalue weighted by atomic mass is 35.5. The third-order valence-corrected chi connectivity index (χ3v) is 3.52. The van der Waals surface area contributed by atoms with Crippen molar-refractivity contribution in [2.45, 2.75) is 13.0 Å². The van der Waals surface area contributed by atoms with Gasteiger partial charge in [0.1, 0.15) is 0 Å². The van der Waals surface area contributed by atoms with E-state index in [9.17, 15) is 4.79 Å². The summed E-state index contributed by atoms with van der Waals surface area (Å²) < 4.78 is 5.27. The third kappa shape index (κ3) is 4.17. The molecule has 0 aliphatic rings. The van der Waals surface area contributed by atoms with E-state index in [2.05, 4.69) is 15.5 Å². The number of hydrogen-bond acceptors (Lipinski definition) is 4. The number of nitrogens with one attached hydrogen (secondary N) is 1. The van der Waals surface area contributed by atoms with Gasteiger partial charge >= 0.3 is 0 Å². The van der Waals surface area contributed by atoms with E-state index >= 15 is 0 Å². The molecule has 3 rings (SSSR count). The summed E-state index contributed by atoms with van der Waals surface area (Å²) in [5.74, 6) is 0.497. The molecular weight excluding hydrogens is 314 g/mol. The number of pyridine rings is 1. The second-order valence-electron chi connectivity index (χ2n) is 5.00. The summed E-state index contributed by atoms with van der Waals surface area (Å²) in [5, 5.41) is 7.43. The van der Waals surface area contributed by atoms with Crippen LogP contribution in [-0.2, 0) is 17.8 Å². The van der Waals surface area contributed by atoms with Gasteiger partial charge in [-0.05, 0) is 42.0 Å². The lowest BCUT2D eigenvalue weighted by Gasteiger charge is -2.03. The highest BCUT2D eigenvalue weighted by Crippen LogP contribution is 2.22. The maximum absolute atomic E-state index is 12.0. The Bertz CT molecular complexity index is 785. The van der Waals surface area contributed by atoms with Crippen LogP contribution in [0.25, 0.3) is 11.3 Å². The van der Waals surface area contributed by atoms with Crippen LogP contribution in [0.4, 0.5) is 0 Å². The van der Waals surface area contributed by atoms with Crippen molar-refractivity contribution in [3.63, 3.8) is 0 Å². The zero-order valence-electron chi connectivity index (χ0n) is 12.2. The Balaban J connectivity index is 1.58. The van der Waals surface area contributed by atoms with Crippen molar-refractivity contribution in [1.29, 1.82) is 0 Å². The molecule has 0 unspecified atom stereocenters. The van der Waals surface area contributed by atoms with Crippen molar-refractivity contribution in [3.8, 4) is 11.3 Å². The van der Waals surface area contributed by atoms with E-state index in [0.29, 0.717) is 23.0 Å². The monoisotopic (exact) mass is 327 g/mol. The van der Waals surface area contributed by atoms with Crippen LogP contribution in [0, 0.1) is 0 Å². The van der Waals surface area contributed by atoms with Crippen LogP contribution in [-0.4, -0.2) is 16.0 Å². The average molecular weight is 328 g/mol. The van der Waals surface area contributed by atoms with E-state index < -0.39 is 0 Å². The van der Waals surface area contributed by atoms with Crippen molar-refractivity contribution >= 4 is 17.5 Å². The van der Waals surface area contributed by atoms with Gasteiger partial charge in [-0.1, -0.05) is 16.8 Å². The summed E-state index contributed by atoms with van der Waals surface area (Å²) in [5.41, 5.74) is 2.45. The summed E-state index contributed by atoms with van der Waals surface area (Å²) >= 11 is 5.86. The first-order valence-corrected chi connectivity index (χ1v) is 7.45. The van der Waals surface area contributed by atoms with Gasteiger partial charge in [0.05, 0.1) is 12.1 Å². The fraction of sp³-hybridized carbons (Fsp3) is 0.118. The maximum Gasteiger partial charge on any atom is 0.226 e. The molecule has 0 saturated heterocycles.